The molecule has 1 fully saturated rings. The van der Waals surface area contributed by atoms with Crippen molar-refractivity contribution in [3.05, 3.63) is 35.9 Å². The van der Waals surface area contributed by atoms with E-state index in [2.05, 4.69) is 5.32 Å². The number of ether oxygens (including phenoxy) is 3. The molecule has 1 N–H and O–H groups in total. The fourth-order valence-electron chi connectivity index (χ4n) is 2.03. The molecule has 1 aliphatic rings. The SMILES string of the molecule is CC(C)(C)OC(=O)NC1COC(=O)C1OCc1ccccc1. The minimum absolute atomic E-state index is 0.0809. The average molecular weight is 307 g/mol. The lowest BCUT2D eigenvalue weighted by atomic mass is 10.2. The van der Waals surface area contributed by atoms with E-state index in [1.807, 2.05) is 30.3 Å². The van der Waals surface area contributed by atoms with Gasteiger partial charge >= 0.3 is 12.1 Å². The molecule has 2 unspecified atom stereocenters. The van der Waals surface area contributed by atoms with E-state index >= 15 is 0 Å². The van der Waals surface area contributed by atoms with Gasteiger partial charge in [-0.1, -0.05) is 30.3 Å². The van der Waals surface area contributed by atoms with E-state index in [-0.39, 0.29) is 13.2 Å². The lowest BCUT2D eigenvalue weighted by molar-refractivity contribution is -0.148. The molecular formula is C16H21NO5. The maximum absolute atomic E-state index is 11.8. The quantitative estimate of drug-likeness (QED) is 0.862. The second kappa shape index (κ2) is 6.79. The van der Waals surface area contributed by atoms with Gasteiger partial charge in [0.25, 0.3) is 0 Å². The molecule has 1 aromatic rings. The summed E-state index contributed by atoms with van der Waals surface area (Å²) in [4.78, 5) is 23.5. The molecule has 1 heterocycles. The number of carbonyl (C=O) groups is 2. The highest BCUT2D eigenvalue weighted by atomic mass is 16.6. The number of amides is 1. The Balaban J connectivity index is 1.90. The number of benzene rings is 1. The van der Waals surface area contributed by atoms with Crippen molar-refractivity contribution in [2.45, 2.75) is 45.1 Å². The number of cyclic esters (lactones) is 1. The zero-order valence-corrected chi connectivity index (χ0v) is 13.0. The summed E-state index contributed by atoms with van der Waals surface area (Å²) in [5, 5.41) is 2.62. The van der Waals surface area contributed by atoms with Crippen molar-refractivity contribution < 1.29 is 23.8 Å². The second-order valence-electron chi connectivity index (χ2n) is 6.10. The van der Waals surface area contributed by atoms with Crippen LogP contribution in [0.15, 0.2) is 30.3 Å². The van der Waals surface area contributed by atoms with E-state index in [1.165, 1.54) is 0 Å². The molecule has 2 rings (SSSR count). The largest absolute Gasteiger partial charge is 0.461 e. The van der Waals surface area contributed by atoms with Crippen LogP contribution in [0, 0.1) is 0 Å². The molecule has 1 amide bonds. The number of hydrogen-bond acceptors (Lipinski definition) is 5. The normalized spacial score (nSPS) is 21.3. The molecule has 1 saturated heterocycles. The van der Waals surface area contributed by atoms with Crippen LogP contribution in [0.4, 0.5) is 4.79 Å². The summed E-state index contributed by atoms with van der Waals surface area (Å²) < 4.78 is 15.7. The van der Waals surface area contributed by atoms with Crippen LogP contribution in [0.3, 0.4) is 0 Å². The maximum atomic E-state index is 11.8. The van der Waals surface area contributed by atoms with Gasteiger partial charge in [-0.15, -0.1) is 0 Å². The molecular weight excluding hydrogens is 286 g/mol. The third-order valence-corrected chi connectivity index (χ3v) is 2.98. The number of carbonyl (C=O) groups excluding carboxylic acids is 2. The highest BCUT2D eigenvalue weighted by Gasteiger charge is 2.39. The molecule has 22 heavy (non-hydrogen) atoms. The Bertz CT molecular complexity index is 523. The van der Waals surface area contributed by atoms with E-state index in [1.54, 1.807) is 20.8 Å². The van der Waals surface area contributed by atoms with E-state index in [4.69, 9.17) is 14.2 Å². The van der Waals surface area contributed by atoms with Gasteiger partial charge in [0.05, 0.1) is 6.61 Å². The first kappa shape index (κ1) is 16.3. The van der Waals surface area contributed by atoms with Crippen LogP contribution < -0.4 is 5.32 Å². The number of hydrogen-bond donors (Lipinski definition) is 1. The average Bonchev–Trinajstić information content (AvgIpc) is 2.76. The number of esters is 1. The molecule has 0 spiro atoms. The van der Waals surface area contributed by atoms with Crippen LogP contribution in [0.25, 0.3) is 0 Å². The van der Waals surface area contributed by atoms with Crippen LogP contribution in [-0.2, 0) is 25.6 Å². The second-order valence-corrected chi connectivity index (χ2v) is 6.10. The van der Waals surface area contributed by atoms with Gasteiger partial charge in [-0.25, -0.2) is 9.59 Å². The fourth-order valence-corrected chi connectivity index (χ4v) is 2.03. The highest BCUT2D eigenvalue weighted by Crippen LogP contribution is 2.15. The summed E-state index contributed by atoms with van der Waals surface area (Å²) >= 11 is 0. The molecule has 1 aliphatic heterocycles. The van der Waals surface area contributed by atoms with Gasteiger partial charge in [0, 0.05) is 0 Å². The molecule has 0 aliphatic carbocycles. The molecule has 0 saturated carbocycles. The zero-order valence-electron chi connectivity index (χ0n) is 13.0. The summed E-state index contributed by atoms with van der Waals surface area (Å²) in [6.07, 6.45) is -1.42. The van der Waals surface area contributed by atoms with Gasteiger partial charge in [0.1, 0.15) is 18.2 Å². The van der Waals surface area contributed by atoms with Crippen LogP contribution in [0.2, 0.25) is 0 Å². The third-order valence-electron chi connectivity index (χ3n) is 2.98. The summed E-state index contributed by atoms with van der Waals surface area (Å²) in [6.45, 7) is 5.66. The smallest absolute Gasteiger partial charge is 0.408 e. The van der Waals surface area contributed by atoms with Crippen LogP contribution in [0.5, 0.6) is 0 Å². The minimum Gasteiger partial charge on any atom is -0.461 e. The van der Waals surface area contributed by atoms with E-state index in [0.717, 1.165) is 5.56 Å². The lowest BCUT2D eigenvalue weighted by Crippen LogP contribution is -2.46. The van der Waals surface area contributed by atoms with Crippen LogP contribution in [0.1, 0.15) is 26.3 Å². The molecule has 0 bridgehead atoms. The Morgan fingerprint density at radius 3 is 2.64 bits per heavy atom. The van der Waals surface area contributed by atoms with Crippen molar-refractivity contribution >= 4 is 12.1 Å². The van der Waals surface area contributed by atoms with Crippen molar-refractivity contribution in [1.29, 1.82) is 0 Å². The van der Waals surface area contributed by atoms with Crippen molar-refractivity contribution in [3.63, 3.8) is 0 Å². The topological polar surface area (TPSA) is 73.9 Å². The monoisotopic (exact) mass is 307 g/mol. The number of rotatable bonds is 4. The van der Waals surface area contributed by atoms with Crippen LogP contribution >= 0.6 is 0 Å². The van der Waals surface area contributed by atoms with Gasteiger partial charge in [-0.3, -0.25) is 0 Å². The zero-order chi connectivity index (χ0) is 16.2. The van der Waals surface area contributed by atoms with E-state index in [0.29, 0.717) is 0 Å². The highest BCUT2D eigenvalue weighted by molar-refractivity contribution is 5.79. The van der Waals surface area contributed by atoms with E-state index in [9.17, 15) is 9.59 Å². The summed E-state index contributed by atoms with van der Waals surface area (Å²) in [5.74, 6) is -0.475. The van der Waals surface area contributed by atoms with Gasteiger partial charge in [-0.05, 0) is 26.3 Å². The van der Waals surface area contributed by atoms with Crippen molar-refractivity contribution in [2.75, 3.05) is 6.61 Å². The molecule has 1 aromatic carbocycles. The molecule has 6 heteroatoms. The Hall–Kier alpha value is -2.08. The maximum Gasteiger partial charge on any atom is 0.408 e. The van der Waals surface area contributed by atoms with Gasteiger partial charge in [-0.2, -0.15) is 0 Å². The summed E-state index contributed by atoms with van der Waals surface area (Å²) in [7, 11) is 0. The van der Waals surface area contributed by atoms with Crippen molar-refractivity contribution in [2.24, 2.45) is 0 Å². The van der Waals surface area contributed by atoms with Crippen LogP contribution in [-0.4, -0.2) is 36.4 Å². The first-order valence-corrected chi connectivity index (χ1v) is 7.17. The predicted molar refractivity (Wildman–Crippen MR) is 79.1 cm³/mol. The minimum atomic E-state index is -0.826. The summed E-state index contributed by atoms with van der Waals surface area (Å²) in [6, 6.07) is 8.93. The first-order valence-electron chi connectivity index (χ1n) is 7.17. The Kier molecular flexibility index (Phi) is 5.03. The van der Waals surface area contributed by atoms with Gasteiger partial charge < -0.3 is 19.5 Å². The van der Waals surface area contributed by atoms with Gasteiger partial charge in [0.2, 0.25) is 0 Å². The third kappa shape index (κ3) is 4.73. The lowest BCUT2D eigenvalue weighted by Gasteiger charge is -2.22. The number of alkyl carbamates (subject to hydrolysis) is 1. The molecule has 120 valence electrons. The molecule has 2 atom stereocenters. The Morgan fingerprint density at radius 1 is 1.32 bits per heavy atom. The number of nitrogens with one attached hydrogen (secondary N) is 1. The van der Waals surface area contributed by atoms with Crippen molar-refractivity contribution in [1.82, 2.24) is 5.32 Å². The fraction of sp³-hybridized carbons (Fsp3) is 0.500. The van der Waals surface area contributed by atoms with E-state index < -0.39 is 29.8 Å². The standard InChI is InChI=1S/C16H21NO5/c1-16(2,3)22-15(19)17-12-10-21-14(18)13(12)20-9-11-7-5-4-6-8-11/h4-8,12-13H,9-10H2,1-3H3,(H,17,19). The predicted octanol–water partition coefficient (Wildman–Crippen LogP) is 2.02. The molecule has 0 radical (unpaired) electrons. The molecule has 0 aromatic heterocycles. The molecule has 6 nitrogen and oxygen atoms in total. The Labute approximate surface area is 129 Å². The Morgan fingerprint density at radius 2 is 2.00 bits per heavy atom. The van der Waals surface area contributed by atoms with Gasteiger partial charge in [0.15, 0.2) is 6.10 Å². The van der Waals surface area contributed by atoms with Crippen molar-refractivity contribution in [3.8, 4) is 0 Å². The summed E-state index contributed by atoms with van der Waals surface area (Å²) in [5.41, 5.74) is 0.340. The first-order chi connectivity index (χ1) is 10.3.